The van der Waals surface area contributed by atoms with E-state index in [4.69, 9.17) is 0 Å². The predicted molar refractivity (Wildman–Crippen MR) is 100 cm³/mol. The second kappa shape index (κ2) is 7.36. The highest BCUT2D eigenvalue weighted by atomic mass is 16.4. The molecule has 0 saturated heterocycles. The first-order chi connectivity index (χ1) is 12.4. The smallest absolute Gasteiger partial charge is 0.305 e. The van der Waals surface area contributed by atoms with E-state index in [1.807, 2.05) is 38.1 Å². The van der Waals surface area contributed by atoms with Crippen LogP contribution in [0, 0.1) is 13.8 Å². The Morgan fingerprint density at radius 1 is 1.15 bits per heavy atom. The fourth-order valence-electron chi connectivity index (χ4n) is 4.04. The molecule has 0 aliphatic heterocycles. The van der Waals surface area contributed by atoms with E-state index in [0.29, 0.717) is 12.1 Å². The van der Waals surface area contributed by atoms with Gasteiger partial charge in [-0.2, -0.15) is 0 Å². The number of carboxylic acid groups (broad SMARTS) is 1. The van der Waals surface area contributed by atoms with Gasteiger partial charge < -0.3 is 15.0 Å². The zero-order valence-corrected chi connectivity index (χ0v) is 15.4. The molecule has 0 spiro atoms. The van der Waals surface area contributed by atoms with Crippen LogP contribution in [0.3, 0.4) is 0 Å². The van der Waals surface area contributed by atoms with Crippen molar-refractivity contribution in [1.29, 1.82) is 0 Å². The Bertz CT molecular complexity index is 802. The zero-order chi connectivity index (χ0) is 18.7. The summed E-state index contributed by atoms with van der Waals surface area (Å²) in [5, 5.41) is 12.3. The van der Waals surface area contributed by atoms with Crippen LogP contribution in [0.15, 0.2) is 36.4 Å². The molecule has 26 heavy (non-hydrogen) atoms. The molecule has 3 rings (SSSR count). The zero-order valence-electron chi connectivity index (χ0n) is 15.4. The maximum absolute atomic E-state index is 12.9. The van der Waals surface area contributed by atoms with E-state index in [-0.39, 0.29) is 12.3 Å². The molecule has 1 saturated carbocycles. The van der Waals surface area contributed by atoms with Gasteiger partial charge in [-0.3, -0.25) is 9.59 Å². The summed E-state index contributed by atoms with van der Waals surface area (Å²) in [7, 11) is 0. The van der Waals surface area contributed by atoms with Crippen LogP contribution in [-0.2, 0) is 11.3 Å². The molecule has 0 radical (unpaired) electrons. The monoisotopic (exact) mass is 354 g/mol. The fourth-order valence-corrected chi connectivity index (χ4v) is 4.04. The van der Waals surface area contributed by atoms with Gasteiger partial charge in [0.05, 0.1) is 17.5 Å². The minimum absolute atomic E-state index is 0.0124. The van der Waals surface area contributed by atoms with Crippen LogP contribution in [0.4, 0.5) is 0 Å². The summed E-state index contributed by atoms with van der Waals surface area (Å²) in [6, 6.07) is 12.0. The Balaban J connectivity index is 1.81. The summed E-state index contributed by atoms with van der Waals surface area (Å²) in [4.78, 5) is 24.2. The average molecular weight is 354 g/mol. The molecule has 1 aromatic heterocycles. The first kappa shape index (κ1) is 18.2. The van der Waals surface area contributed by atoms with Gasteiger partial charge in [-0.05, 0) is 38.3 Å². The van der Waals surface area contributed by atoms with Gasteiger partial charge >= 0.3 is 5.97 Å². The topological polar surface area (TPSA) is 71.3 Å². The predicted octanol–water partition coefficient (Wildman–Crippen LogP) is 3.67. The Hall–Kier alpha value is -2.56. The highest BCUT2D eigenvalue weighted by molar-refractivity contribution is 5.96. The van der Waals surface area contributed by atoms with Crippen molar-refractivity contribution in [1.82, 2.24) is 9.88 Å². The van der Waals surface area contributed by atoms with Crippen LogP contribution in [0.1, 0.15) is 59.4 Å². The molecule has 1 aliphatic rings. The minimum atomic E-state index is -0.859. The van der Waals surface area contributed by atoms with Gasteiger partial charge in [-0.25, -0.2) is 0 Å². The van der Waals surface area contributed by atoms with Gasteiger partial charge in [0.1, 0.15) is 0 Å². The van der Waals surface area contributed by atoms with Crippen molar-refractivity contribution in [2.24, 2.45) is 0 Å². The van der Waals surface area contributed by atoms with Crippen LogP contribution < -0.4 is 5.32 Å². The van der Waals surface area contributed by atoms with Crippen molar-refractivity contribution in [3.8, 4) is 0 Å². The van der Waals surface area contributed by atoms with Crippen molar-refractivity contribution in [3.05, 3.63) is 58.9 Å². The number of hydrogen-bond donors (Lipinski definition) is 2. The molecule has 0 unspecified atom stereocenters. The number of amides is 1. The van der Waals surface area contributed by atoms with E-state index in [2.05, 4.69) is 22.0 Å². The first-order valence-corrected chi connectivity index (χ1v) is 9.15. The van der Waals surface area contributed by atoms with Gasteiger partial charge in [0.2, 0.25) is 0 Å². The van der Waals surface area contributed by atoms with Gasteiger partial charge in [0, 0.05) is 17.9 Å². The Morgan fingerprint density at radius 3 is 2.42 bits per heavy atom. The summed E-state index contributed by atoms with van der Waals surface area (Å²) >= 11 is 0. The molecule has 2 N–H and O–H groups in total. The lowest BCUT2D eigenvalue weighted by molar-refractivity contribution is -0.138. The first-order valence-electron chi connectivity index (χ1n) is 9.15. The van der Waals surface area contributed by atoms with Gasteiger partial charge in [0.25, 0.3) is 5.91 Å². The van der Waals surface area contributed by atoms with Crippen LogP contribution in [0.5, 0.6) is 0 Å². The molecule has 1 aromatic carbocycles. The number of carboxylic acids is 1. The Labute approximate surface area is 154 Å². The summed E-state index contributed by atoms with van der Waals surface area (Å²) in [6.07, 6.45) is 3.37. The molecule has 5 nitrogen and oxygen atoms in total. The number of aliphatic carboxylic acids is 1. The summed E-state index contributed by atoms with van der Waals surface area (Å²) in [5.74, 6) is -1.03. The van der Waals surface area contributed by atoms with E-state index in [1.165, 1.54) is 5.56 Å². The molecule has 1 fully saturated rings. The average Bonchev–Trinajstić information content (AvgIpc) is 3.15. The van der Waals surface area contributed by atoms with Crippen molar-refractivity contribution in [2.45, 2.75) is 58.0 Å². The maximum atomic E-state index is 12.9. The lowest BCUT2D eigenvalue weighted by Crippen LogP contribution is -2.47. The molecule has 0 atom stereocenters. The summed E-state index contributed by atoms with van der Waals surface area (Å²) < 4.78 is 2.13. The Kier molecular flexibility index (Phi) is 5.16. The van der Waals surface area contributed by atoms with Crippen molar-refractivity contribution in [2.75, 3.05) is 0 Å². The molecule has 138 valence electrons. The number of carbonyl (C=O) groups excluding carboxylic acids is 1. The number of nitrogens with zero attached hydrogens (tertiary/aromatic N) is 1. The van der Waals surface area contributed by atoms with E-state index in [0.717, 1.165) is 37.1 Å². The fraction of sp³-hybridized carbons (Fsp3) is 0.429. The quantitative estimate of drug-likeness (QED) is 0.831. The standard InChI is InChI=1S/C21H26N2O3/c1-15-12-18(16(2)23(15)14-17-8-4-3-5-9-17)20(26)22-21(13-19(24)25)10-6-7-11-21/h3-5,8-9,12H,6-7,10-11,13-14H2,1-2H3,(H,22,26)(H,24,25). The third-order valence-corrected chi connectivity index (χ3v) is 5.43. The number of aryl methyl sites for hydroxylation is 1. The third-order valence-electron chi connectivity index (χ3n) is 5.43. The van der Waals surface area contributed by atoms with Crippen LogP contribution in [-0.4, -0.2) is 27.1 Å². The van der Waals surface area contributed by atoms with Gasteiger partial charge in [-0.15, -0.1) is 0 Å². The van der Waals surface area contributed by atoms with Crippen LogP contribution >= 0.6 is 0 Å². The van der Waals surface area contributed by atoms with Crippen molar-refractivity contribution < 1.29 is 14.7 Å². The van der Waals surface area contributed by atoms with E-state index < -0.39 is 11.5 Å². The number of nitrogens with one attached hydrogen (secondary N) is 1. The van der Waals surface area contributed by atoms with E-state index >= 15 is 0 Å². The summed E-state index contributed by atoms with van der Waals surface area (Å²) in [5.41, 5.74) is 3.14. The number of hydrogen-bond acceptors (Lipinski definition) is 2. The van der Waals surface area contributed by atoms with Crippen LogP contribution in [0.2, 0.25) is 0 Å². The van der Waals surface area contributed by atoms with Crippen molar-refractivity contribution >= 4 is 11.9 Å². The lowest BCUT2D eigenvalue weighted by atomic mass is 9.92. The number of rotatable bonds is 6. The highest BCUT2D eigenvalue weighted by Gasteiger charge is 2.38. The van der Waals surface area contributed by atoms with Gasteiger partial charge in [0.15, 0.2) is 0 Å². The molecule has 1 heterocycles. The van der Waals surface area contributed by atoms with Crippen LogP contribution in [0.25, 0.3) is 0 Å². The van der Waals surface area contributed by atoms with E-state index in [9.17, 15) is 14.7 Å². The van der Waals surface area contributed by atoms with E-state index in [1.54, 1.807) is 0 Å². The number of aromatic nitrogens is 1. The van der Waals surface area contributed by atoms with Crippen molar-refractivity contribution in [3.63, 3.8) is 0 Å². The number of carbonyl (C=O) groups is 2. The minimum Gasteiger partial charge on any atom is -0.481 e. The second-order valence-electron chi connectivity index (χ2n) is 7.37. The Morgan fingerprint density at radius 2 is 1.81 bits per heavy atom. The normalized spacial score (nSPS) is 15.8. The largest absolute Gasteiger partial charge is 0.481 e. The highest BCUT2D eigenvalue weighted by Crippen LogP contribution is 2.33. The molecule has 1 aliphatic carbocycles. The maximum Gasteiger partial charge on any atom is 0.305 e. The molecule has 5 heteroatoms. The molecule has 0 bridgehead atoms. The summed E-state index contributed by atoms with van der Waals surface area (Å²) in [6.45, 7) is 4.66. The molecule has 1 amide bonds. The molecule has 2 aromatic rings. The molecular formula is C21H26N2O3. The number of benzene rings is 1. The third kappa shape index (κ3) is 3.82. The SMILES string of the molecule is Cc1cc(C(=O)NC2(CC(=O)O)CCCC2)c(C)n1Cc1ccccc1. The van der Waals surface area contributed by atoms with Gasteiger partial charge in [-0.1, -0.05) is 43.2 Å². The lowest BCUT2D eigenvalue weighted by Gasteiger charge is -2.28. The molecular weight excluding hydrogens is 328 g/mol. The second-order valence-corrected chi connectivity index (χ2v) is 7.37.